The Morgan fingerprint density at radius 1 is 1.39 bits per heavy atom. The van der Waals surface area contributed by atoms with E-state index in [2.05, 4.69) is 23.7 Å². The van der Waals surface area contributed by atoms with Gasteiger partial charge in [0.05, 0.1) is 12.7 Å². The van der Waals surface area contributed by atoms with Gasteiger partial charge >= 0.3 is 0 Å². The Morgan fingerprint density at radius 2 is 2.11 bits per heavy atom. The minimum atomic E-state index is -0.470. The molecule has 0 spiro atoms. The van der Waals surface area contributed by atoms with Gasteiger partial charge in [-0.05, 0) is 31.9 Å². The molecular weight excluding hydrogens is 228 g/mol. The third-order valence-electron chi connectivity index (χ3n) is 3.21. The SMILES string of the molecule is CCC(C)N(CCOC)c1ccc([C@H](C)O)cn1. The van der Waals surface area contributed by atoms with E-state index in [0.717, 1.165) is 24.3 Å². The van der Waals surface area contributed by atoms with Crippen LogP contribution < -0.4 is 4.90 Å². The molecule has 102 valence electrons. The van der Waals surface area contributed by atoms with Crippen molar-refractivity contribution in [3.8, 4) is 0 Å². The highest BCUT2D eigenvalue weighted by Gasteiger charge is 2.14. The summed E-state index contributed by atoms with van der Waals surface area (Å²) >= 11 is 0. The third kappa shape index (κ3) is 3.96. The Kier molecular flexibility index (Phi) is 6.09. The molecule has 4 nitrogen and oxygen atoms in total. The average Bonchev–Trinajstić information content (AvgIpc) is 2.39. The minimum absolute atomic E-state index is 0.421. The van der Waals surface area contributed by atoms with Crippen LogP contribution in [0, 0.1) is 0 Å². The molecule has 0 aliphatic rings. The Hall–Kier alpha value is -1.13. The summed E-state index contributed by atoms with van der Waals surface area (Å²) in [6.45, 7) is 7.60. The van der Waals surface area contributed by atoms with Crippen LogP contribution in [0.4, 0.5) is 5.82 Å². The minimum Gasteiger partial charge on any atom is -0.389 e. The molecule has 18 heavy (non-hydrogen) atoms. The third-order valence-corrected chi connectivity index (χ3v) is 3.21. The van der Waals surface area contributed by atoms with Crippen LogP contribution >= 0.6 is 0 Å². The maximum absolute atomic E-state index is 9.48. The van der Waals surface area contributed by atoms with Crippen molar-refractivity contribution >= 4 is 5.82 Å². The molecular formula is C14H24N2O2. The molecule has 0 saturated carbocycles. The first-order valence-electron chi connectivity index (χ1n) is 6.49. The first kappa shape index (κ1) is 14.9. The van der Waals surface area contributed by atoms with Crippen LogP contribution in [-0.4, -0.2) is 36.4 Å². The zero-order valence-electron chi connectivity index (χ0n) is 11.8. The summed E-state index contributed by atoms with van der Waals surface area (Å²) in [7, 11) is 1.71. The van der Waals surface area contributed by atoms with Crippen molar-refractivity contribution in [3.05, 3.63) is 23.9 Å². The van der Waals surface area contributed by atoms with Crippen molar-refractivity contribution < 1.29 is 9.84 Å². The lowest BCUT2D eigenvalue weighted by Gasteiger charge is -2.29. The number of hydrogen-bond donors (Lipinski definition) is 1. The van der Waals surface area contributed by atoms with E-state index in [1.807, 2.05) is 12.1 Å². The predicted octanol–water partition coefficient (Wildman–Crippen LogP) is 2.39. The molecule has 0 saturated heterocycles. The second-order valence-electron chi connectivity index (χ2n) is 4.57. The van der Waals surface area contributed by atoms with Gasteiger partial charge in [0.25, 0.3) is 0 Å². The van der Waals surface area contributed by atoms with Gasteiger partial charge in [0.2, 0.25) is 0 Å². The quantitative estimate of drug-likeness (QED) is 0.809. The van der Waals surface area contributed by atoms with Crippen molar-refractivity contribution in [2.75, 3.05) is 25.2 Å². The van der Waals surface area contributed by atoms with E-state index in [-0.39, 0.29) is 0 Å². The summed E-state index contributed by atoms with van der Waals surface area (Å²) in [6, 6.07) is 4.31. The average molecular weight is 252 g/mol. The summed E-state index contributed by atoms with van der Waals surface area (Å²) in [6.07, 6.45) is 2.33. The molecule has 0 amide bonds. The second-order valence-corrected chi connectivity index (χ2v) is 4.57. The number of ether oxygens (including phenoxy) is 1. The van der Waals surface area contributed by atoms with Crippen molar-refractivity contribution in [1.29, 1.82) is 0 Å². The first-order valence-corrected chi connectivity index (χ1v) is 6.49. The molecule has 0 aliphatic heterocycles. The van der Waals surface area contributed by atoms with E-state index in [1.165, 1.54) is 0 Å². The number of hydrogen-bond acceptors (Lipinski definition) is 4. The highest BCUT2D eigenvalue weighted by atomic mass is 16.5. The molecule has 1 N–H and O–H groups in total. The van der Waals surface area contributed by atoms with Crippen LogP contribution in [0.1, 0.15) is 38.9 Å². The summed E-state index contributed by atoms with van der Waals surface area (Å²) in [5.41, 5.74) is 0.842. The number of aliphatic hydroxyl groups excluding tert-OH is 1. The van der Waals surface area contributed by atoms with Crippen molar-refractivity contribution in [1.82, 2.24) is 4.98 Å². The molecule has 4 heteroatoms. The molecule has 0 radical (unpaired) electrons. The van der Waals surface area contributed by atoms with Gasteiger partial charge in [-0.25, -0.2) is 4.98 Å². The highest BCUT2D eigenvalue weighted by Crippen LogP contribution is 2.18. The molecule has 1 aromatic rings. The fourth-order valence-corrected chi connectivity index (χ4v) is 1.79. The van der Waals surface area contributed by atoms with Gasteiger partial charge in [0, 0.05) is 25.9 Å². The summed E-state index contributed by atoms with van der Waals surface area (Å²) < 4.78 is 5.14. The Labute approximate surface area is 110 Å². The fraction of sp³-hybridized carbons (Fsp3) is 0.643. The number of aromatic nitrogens is 1. The van der Waals surface area contributed by atoms with Crippen LogP contribution in [0.3, 0.4) is 0 Å². The van der Waals surface area contributed by atoms with Crippen LogP contribution in [0.25, 0.3) is 0 Å². The predicted molar refractivity (Wildman–Crippen MR) is 73.8 cm³/mol. The molecule has 1 unspecified atom stereocenters. The van der Waals surface area contributed by atoms with Crippen LogP contribution in [0.5, 0.6) is 0 Å². The van der Waals surface area contributed by atoms with Gasteiger partial charge in [-0.1, -0.05) is 13.0 Å². The maximum Gasteiger partial charge on any atom is 0.128 e. The molecule has 1 aromatic heterocycles. The van der Waals surface area contributed by atoms with Gasteiger partial charge < -0.3 is 14.7 Å². The molecule has 1 heterocycles. The van der Waals surface area contributed by atoms with Crippen LogP contribution in [0.15, 0.2) is 18.3 Å². The number of aliphatic hydroxyl groups is 1. The van der Waals surface area contributed by atoms with E-state index in [4.69, 9.17) is 4.74 Å². The molecule has 1 rings (SSSR count). The molecule has 0 aromatic carbocycles. The normalized spacial score (nSPS) is 14.3. The number of methoxy groups -OCH3 is 1. The summed E-state index contributed by atoms with van der Waals surface area (Å²) in [5.74, 6) is 0.936. The molecule has 2 atom stereocenters. The zero-order chi connectivity index (χ0) is 13.5. The lowest BCUT2D eigenvalue weighted by molar-refractivity contribution is 0.198. The van der Waals surface area contributed by atoms with Crippen LogP contribution in [0.2, 0.25) is 0 Å². The standard InChI is InChI=1S/C14H24N2O2/c1-5-11(2)16(8-9-18-4)14-7-6-13(10-15-14)12(3)17/h6-7,10-12,17H,5,8-9H2,1-4H3/t11?,12-/m0/s1. The number of pyridine rings is 1. The van der Waals surface area contributed by atoms with E-state index >= 15 is 0 Å². The number of rotatable bonds is 7. The van der Waals surface area contributed by atoms with E-state index in [0.29, 0.717) is 12.6 Å². The molecule has 0 aliphatic carbocycles. The van der Waals surface area contributed by atoms with Crippen molar-refractivity contribution in [3.63, 3.8) is 0 Å². The lowest BCUT2D eigenvalue weighted by atomic mass is 10.1. The van der Waals surface area contributed by atoms with E-state index < -0.39 is 6.10 Å². The van der Waals surface area contributed by atoms with Gasteiger partial charge in [-0.2, -0.15) is 0 Å². The Balaban J connectivity index is 2.83. The van der Waals surface area contributed by atoms with E-state index in [9.17, 15) is 5.11 Å². The highest BCUT2D eigenvalue weighted by molar-refractivity contribution is 5.40. The number of nitrogens with zero attached hydrogens (tertiary/aromatic N) is 2. The summed E-state index contributed by atoms with van der Waals surface area (Å²) in [5, 5.41) is 9.48. The molecule has 0 fully saturated rings. The monoisotopic (exact) mass is 252 g/mol. The van der Waals surface area contributed by atoms with Gasteiger partial charge in [-0.15, -0.1) is 0 Å². The smallest absolute Gasteiger partial charge is 0.128 e. The summed E-state index contributed by atoms with van der Waals surface area (Å²) in [4.78, 5) is 6.66. The second kappa shape index (κ2) is 7.34. The maximum atomic E-state index is 9.48. The molecule has 0 bridgehead atoms. The first-order chi connectivity index (χ1) is 8.60. The number of anilines is 1. The van der Waals surface area contributed by atoms with Gasteiger partial charge in [-0.3, -0.25) is 0 Å². The Bertz CT molecular complexity index is 338. The van der Waals surface area contributed by atoms with Crippen molar-refractivity contribution in [2.24, 2.45) is 0 Å². The Morgan fingerprint density at radius 3 is 2.56 bits per heavy atom. The van der Waals surface area contributed by atoms with Gasteiger partial charge in [0.15, 0.2) is 0 Å². The topological polar surface area (TPSA) is 45.6 Å². The zero-order valence-corrected chi connectivity index (χ0v) is 11.8. The van der Waals surface area contributed by atoms with Crippen molar-refractivity contribution in [2.45, 2.75) is 39.3 Å². The largest absolute Gasteiger partial charge is 0.389 e. The van der Waals surface area contributed by atoms with E-state index in [1.54, 1.807) is 20.2 Å². The lowest BCUT2D eigenvalue weighted by Crippen LogP contribution is -2.36. The van der Waals surface area contributed by atoms with Gasteiger partial charge in [0.1, 0.15) is 5.82 Å². The fourth-order valence-electron chi connectivity index (χ4n) is 1.79. The van der Waals surface area contributed by atoms with Crippen LogP contribution in [-0.2, 0) is 4.74 Å².